The molecule has 0 radical (unpaired) electrons. The maximum atomic E-state index is 6.91. The summed E-state index contributed by atoms with van der Waals surface area (Å²) < 4.78 is 20.3. The number of likely N-dealkylation sites (N-methyl/N-ethyl adjacent to an activating group) is 1. The van der Waals surface area contributed by atoms with Crippen molar-refractivity contribution >= 4 is 19.7 Å². The van der Waals surface area contributed by atoms with Crippen molar-refractivity contribution in [3.05, 3.63) is 54.2 Å². The highest BCUT2D eigenvalue weighted by Crippen LogP contribution is 2.49. The zero-order chi connectivity index (χ0) is 24.3. The van der Waals surface area contributed by atoms with Crippen LogP contribution in [0.5, 0.6) is 11.5 Å². The van der Waals surface area contributed by atoms with Crippen LogP contribution in [-0.2, 0) is 16.2 Å². The topological polar surface area (TPSA) is 48.8 Å². The number of aromatic nitrogens is 2. The Morgan fingerprint density at radius 1 is 1.00 bits per heavy atom. The third-order valence-corrected chi connectivity index (χ3v) is 7.77. The van der Waals surface area contributed by atoms with Crippen molar-refractivity contribution in [3.8, 4) is 33.9 Å². The van der Waals surface area contributed by atoms with E-state index < -0.39 is 13.6 Å². The lowest BCUT2D eigenvalue weighted by Gasteiger charge is -2.19. The molecule has 6 nitrogen and oxygen atoms in total. The second-order valence-electron chi connectivity index (χ2n) is 10.0. The van der Waals surface area contributed by atoms with E-state index in [1.807, 2.05) is 67.3 Å². The number of halogens is 1. The van der Waals surface area contributed by atoms with Gasteiger partial charge in [-0.15, -0.1) is 0 Å². The molecule has 3 aromatic rings. The van der Waals surface area contributed by atoms with Crippen LogP contribution >= 0.6 is 11.6 Å². The Balaban J connectivity index is 1.78. The lowest BCUT2D eigenvalue weighted by atomic mass is 9.99. The molecule has 0 bridgehead atoms. The third-order valence-electron chi connectivity index (χ3n) is 5.74. The number of para-hydroxylation sites is 2. The zero-order valence-electron chi connectivity index (χ0n) is 20.7. The summed E-state index contributed by atoms with van der Waals surface area (Å²) >= 11 is 6.91. The first-order chi connectivity index (χ1) is 16.2. The van der Waals surface area contributed by atoms with Gasteiger partial charge in [-0.3, -0.25) is 0 Å². The molecule has 0 saturated heterocycles. The van der Waals surface area contributed by atoms with Gasteiger partial charge >= 0.3 is 0 Å². The van der Waals surface area contributed by atoms with Gasteiger partial charge in [-0.1, -0.05) is 61.6 Å². The molecule has 0 spiro atoms. The Bertz CT molecular complexity index is 1130. The normalized spacial score (nSPS) is 13.6. The van der Waals surface area contributed by atoms with Crippen LogP contribution in [0.3, 0.4) is 0 Å². The predicted molar refractivity (Wildman–Crippen MR) is 140 cm³/mol. The number of benzene rings is 2. The van der Waals surface area contributed by atoms with Gasteiger partial charge in [0.25, 0.3) is 0 Å². The van der Waals surface area contributed by atoms with Crippen LogP contribution in [0, 0.1) is 0 Å². The molecule has 0 amide bonds. The van der Waals surface area contributed by atoms with E-state index >= 15 is 0 Å². The minimum Gasteiger partial charge on any atom is -0.456 e. The van der Waals surface area contributed by atoms with E-state index in [1.54, 1.807) is 0 Å². The molecular formula is C26H34ClN3O3Si. The van der Waals surface area contributed by atoms with E-state index in [0.29, 0.717) is 19.9 Å². The van der Waals surface area contributed by atoms with Crippen LogP contribution in [0.1, 0.15) is 11.3 Å². The predicted octanol–water partition coefficient (Wildman–Crippen LogP) is 6.45. The Hall–Kier alpha value is -2.16. The highest BCUT2D eigenvalue weighted by atomic mass is 35.5. The number of ether oxygens (including phenoxy) is 3. The van der Waals surface area contributed by atoms with Crippen molar-refractivity contribution in [3.63, 3.8) is 0 Å². The zero-order valence-corrected chi connectivity index (χ0v) is 22.4. The van der Waals surface area contributed by atoms with Gasteiger partial charge in [0.1, 0.15) is 23.9 Å². The quantitative estimate of drug-likeness (QED) is 0.142. The summed E-state index contributed by atoms with van der Waals surface area (Å²) in [5.41, 5.74) is 3.73. The second kappa shape index (κ2) is 10.6. The largest absolute Gasteiger partial charge is 0.456 e. The number of hydrogen-bond acceptors (Lipinski definition) is 5. The van der Waals surface area contributed by atoms with Gasteiger partial charge in [-0.2, -0.15) is 5.10 Å². The van der Waals surface area contributed by atoms with Gasteiger partial charge in [0.15, 0.2) is 5.56 Å². The summed E-state index contributed by atoms with van der Waals surface area (Å²) in [5, 5.41) is 5.00. The number of hydrogen-bond donors (Lipinski definition) is 0. The Morgan fingerprint density at radius 2 is 1.65 bits per heavy atom. The summed E-state index contributed by atoms with van der Waals surface area (Å²) in [6.07, 6.45) is 0. The van der Waals surface area contributed by atoms with Crippen molar-refractivity contribution in [2.24, 2.45) is 0 Å². The molecular weight excluding hydrogens is 466 g/mol. The number of fused-ring (bicyclic) bond motifs is 5. The molecule has 8 heteroatoms. The van der Waals surface area contributed by atoms with Gasteiger partial charge in [0, 0.05) is 37.9 Å². The van der Waals surface area contributed by atoms with Gasteiger partial charge < -0.3 is 19.1 Å². The van der Waals surface area contributed by atoms with Crippen LogP contribution in [0.4, 0.5) is 0 Å². The van der Waals surface area contributed by atoms with Gasteiger partial charge in [-0.25, -0.2) is 4.68 Å². The van der Waals surface area contributed by atoms with Crippen molar-refractivity contribution in [1.29, 1.82) is 0 Å². The first kappa shape index (κ1) is 24.9. The van der Waals surface area contributed by atoms with E-state index in [-0.39, 0.29) is 0 Å². The van der Waals surface area contributed by atoms with E-state index in [9.17, 15) is 0 Å². The van der Waals surface area contributed by atoms with Crippen molar-refractivity contribution < 1.29 is 14.2 Å². The number of nitrogens with zero attached hydrogens (tertiary/aromatic N) is 3. The fourth-order valence-corrected chi connectivity index (χ4v) is 4.90. The van der Waals surface area contributed by atoms with E-state index in [1.165, 1.54) is 0 Å². The Morgan fingerprint density at radius 3 is 2.32 bits per heavy atom. The Labute approximate surface area is 208 Å². The maximum Gasteiger partial charge on any atom is 0.173 e. The molecule has 2 aromatic carbocycles. The maximum absolute atomic E-state index is 6.91. The van der Waals surface area contributed by atoms with Crippen molar-refractivity contribution in [2.75, 3.05) is 33.9 Å². The standard InChI is InChI=1S/C26H34ClN3O3Si/c1-29(2)14-15-32-26(27)25-23-19-10-6-8-12-21(19)33-22-13-9-7-11-20(22)24(23)28-30(25)18-31-16-17-34(3,4)5/h6-13,26H,14-18H2,1-5H3. The molecule has 34 heavy (non-hydrogen) atoms. The monoisotopic (exact) mass is 499 g/mol. The molecule has 0 N–H and O–H groups in total. The van der Waals surface area contributed by atoms with E-state index in [0.717, 1.165) is 52.2 Å². The molecule has 2 heterocycles. The van der Waals surface area contributed by atoms with Crippen LogP contribution < -0.4 is 4.74 Å². The lowest BCUT2D eigenvalue weighted by Crippen LogP contribution is -2.22. The fourth-order valence-electron chi connectivity index (χ4n) is 3.84. The minimum atomic E-state index is -1.20. The molecule has 0 saturated carbocycles. The summed E-state index contributed by atoms with van der Waals surface area (Å²) in [5.74, 6) is 1.54. The van der Waals surface area contributed by atoms with Gasteiger partial charge in [0.2, 0.25) is 0 Å². The molecule has 4 rings (SSSR count). The van der Waals surface area contributed by atoms with Crippen molar-refractivity contribution in [1.82, 2.24) is 14.7 Å². The average Bonchev–Trinajstić information content (AvgIpc) is 3.09. The highest BCUT2D eigenvalue weighted by molar-refractivity contribution is 6.76. The molecule has 1 unspecified atom stereocenters. The molecule has 0 fully saturated rings. The lowest BCUT2D eigenvalue weighted by molar-refractivity contribution is 0.0580. The minimum absolute atomic E-state index is 0.318. The molecule has 1 atom stereocenters. The number of alkyl halides is 1. The summed E-state index contributed by atoms with van der Waals surface area (Å²) in [4.78, 5) is 2.07. The molecule has 182 valence electrons. The van der Waals surface area contributed by atoms with Crippen LogP contribution in [-0.4, -0.2) is 56.6 Å². The fraction of sp³-hybridized carbons (Fsp3) is 0.423. The van der Waals surface area contributed by atoms with E-state index in [2.05, 4.69) is 24.5 Å². The van der Waals surface area contributed by atoms with Crippen LogP contribution in [0.15, 0.2) is 48.5 Å². The van der Waals surface area contributed by atoms with Gasteiger partial charge in [-0.05, 0) is 38.3 Å². The molecule has 1 aromatic heterocycles. The average molecular weight is 500 g/mol. The first-order valence-corrected chi connectivity index (χ1v) is 15.8. The summed E-state index contributed by atoms with van der Waals surface area (Å²) in [7, 11) is 2.83. The SMILES string of the molecule is CN(C)CCOC(Cl)c1c2c(nn1COCC[Si](C)(C)C)-c1ccccc1Oc1ccccc1-2. The van der Waals surface area contributed by atoms with Crippen LogP contribution in [0.25, 0.3) is 22.4 Å². The smallest absolute Gasteiger partial charge is 0.173 e. The first-order valence-electron chi connectivity index (χ1n) is 11.7. The molecule has 0 aliphatic carbocycles. The Kier molecular flexibility index (Phi) is 7.79. The summed E-state index contributed by atoms with van der Waals surface area (Å²) in [6.45, 7) is 9.33. The molecule has 1 aliphatic heterocycles. The number of rotatable bonds is 10. The second-order valence-corrected chi connectivity index (χ2v) is 16.1. The van der Waals surface area contributed by atoms with Crippen LogP contribution in [0.2, 0.25) is 25.7 Å². The van der Waals surface area contributed by atoms with Crippen molar-refractivity contribution in [2.45, 2.75) is 38.0 Å². The highest BCUT2D eigenvalue weighted by Gasteiger charge is 2.31. The van der Waals surface area contributed by atoms with E-state index in [4.69, 9.17) is 30.9 Å². The third kappa shape index (κ3) is 5.72. The molecule has 1 aliphatic rings. The summed E-state index contributed by atoms with van der Waals surface area (Å²) in [6, 6.07) is 17.1. The van der Waals surface area contributed by atoms with Gasteiger partial charge in [0.05, 0.1) is 12.3 Å².